The lowest BCUT2D eigenvalue weighted by molar-refractivity contribution is 0.242. The van der Waals surface area contributed by atoms with Crippen molar-refractivity contribution in [3.63, 3.8) is 0 Å². The molecular weight excluding hydrogens is 380 g/mol. The second-order valence-electron chi connectivity index (χ2n) is 7.09. The van der Waals surface area contributed by atoms with Crippen molar-refractivity contribution in [3.05, 3.63) is 67.2 Å². The standard InChI is InChI=1S/C21H23ClN2O2S/c1-14-9-19-16(11-17(14)22)15(10-21(25)26-19)12-23-13-18(20-5-4-8-27-20)24-6-2-3-7-24/h4-5,8-11,18,23H,2-3,6-7,12-13H2,1H3/t18-/m0/s1. The molecule has 3 heterocycles. The second-order valence-corrected chi connectivity index (χ2v) is 8.48. The number of nitrogens with zero attached hydrogens (tertiary/aromatic N) is 1. The van der Waals surface area contributed by atoms with Crippen molar-refractivity contribution in [3.8, 4) is 0 Å². The van der Waals surface area contributed by atoms with Crippen LogP contribution in [0.3, 0.4) is 0 Å². The zero-order valence-electron chi connectivity index (χ0n) is 15.3. The fourth-order valence-corrected chi connectivity index (χ4v) is 4.81. The van der Waals surface area contributed by atoms with Crippen LogP contribution in [-0.4, -0.2) is 24.5 Å². The number of thiophene rings is 1. The van der Waals surface area contributed by atoms with E-state index in [-0.39, 0.29) is 5.63 Å². The van der Waals surface area contributed by atoms with E-state index in [0.29, 0.717) is 23.2 Å². The van der Waals surface area contributed by atoms with Gasteiger partial charge in [0.15, 0.2) is 0 Å². The Morgan fingerprint density at radius 1 is 1.30 bits per heavy atom. The Morgan fingerprint density at radius 3 is 2.85 bits per heavy atom. The van der Waals surface area contributed by atoms with Gasteiger partial charge in [0.1, 0.15) is 5.58 Å². The maximum absolute atomic E-state index is 12.0. The SMILES string of the molecule is Cc1cc2oc(=O)cc(CNC[C@@H](c3cccs3)N3CCCC3)c2cc1Cl. The van der Waals surface area contributed by atoms with Crippen LogP contribution in [0.1, 0.15) is 34.9 Å². The van der Waals surface area contributed by atoms with Gasteiger partial charge in [-0.25, -0.2) is 4.79 Å². The number of benzene rings is 1. The third-order valence-corrected chi connectivity index (χ3v) is 6.60. The average Bonchev–Trinajstić information content (AvgIpc) is 3.34. The zero-order chi connectivity index (χ0) is 18.8. The summed E-state index contributed by atoms with van der Waals surface area (Å²) in [5, 5.41) is 7.28. The Kier molecular flexibility index (Phi) is 5.64. The van der Waals surface area contributed by atoms with Crippen LogP contribution in [0.15, 0.2) is 44.9 Å². The van der Waals surface area contributed by atoms with E-state index in [4.69, 9.17) is 16.0 Å². The van der Waals surface area contributed by atoms with Crippen LogP contribution in [0.2, 0.25) is 5.02 Å². The fraction of sp³-hybridized carbons (Fsp3) is 0.381. The van der Waals surface area contributed by atoms with E-state index in [9.17, 15) is 4.79 Å². The van der Waals surface area contributed by atoms with Crippen LogP contribution in [0.4, 0.5) is 0 Å². The Morgan fingerprint density at radius 2 is 2.11 bits per heavy atom. The minimum atomic E-state index is -0.324. The first-order chi connectivity index (χ1) is 13.1. The Hall–Kier alpha value is -1.66. The molecule has 0 spiro atoms. The average molecular weight is 403 g/mol. The molecule has 1 atom stereocenters. The highest BCUT2D eigenvalue weighted by molar-refractivity contribution is 7.10. The molecule has 0 radical (unpaired) electrons. The fourth-order valence-electron chi connectivity index (χ4n) is 3.78. The zero-order valence-corrected chi connectivity index (χ0v) is 16.9. The molecule has 0 unspecified atom stereocenters. The van der Waals surface area contributed by atoms with E-state index < -0.39 is 0 Å². The van der Waals surface area contributed by atoms with E-state index in [0.717, 1.165) is 36.1 Å². The van der Waals surface area contributed by atoms with Gasteiger partial charge in [-0.2, -0.15) is 0 Å². The van der Waals surface area contributed by atoms with E-state index in [1.165, 1.54) is 17.7 Å². The predicted molar refractivity (Wildman–Crippen MR) is 112 cm³/mol. The van der Waals surface area contributed by atoms with Gasteiger partial charge in [0.05, 0.1) is 6.04 Å². The third-order valence-electron chi connectivity index (χ3n) is 5.22. The molecule has 6 heteroatoms. The lowest BCUT2D eigenvalue weighted by atomic mass is 10.1. The highest BCUT2D eigenvalue weighted by atomic mass is 35.5. The van der Waals surface area contributed by atoms with Gasteiger partial charge in [-0.1, -0.05) is 17.7 Å². The van der Waals surface area contributed by atoms with Crippen LogP contribution in [0, 0.1) is 6.92 Å². The summed E-state index contributed by atoms with van der Waals surface area (Å²) < 4.78 is 5.36. The summed E-state index contributed by atoms with van der Waals surface area (Å²) in [7, 11) is 0. The van der Waals surface area contributed by atoms with Gasteiger partial charge in [-0.05, 0) is 67.6 Å². The van der Waals surface area contributed by atoms with Gasteiger partial charge in [-0.15, -0.1) is 11.3 Å². The molecule has 2 aromatic heterocycles. The Labute approximate surface area is 167 Å². The van der Waals surface area contributed by atoms with Gasteiger partial charge >= 0.3 is 5.63 Å². The highest BCUT2D eigenvalue weighted by Gasteiger charge is 2.24. The molecule has 142 valence electrons. The number of aryl methyl sites for hydroxylation is 1. The molecule has 0 amide bonds. The highest BCUT2D eigenvalue weighted by Crippen LogP contribution is 2.28. The summed E-state index contributed by atoms with van der Waals surface area (Å²) in [6.07, 6.45) is 2.54. The number of fused-ring (bicyclic) bond motifs is 1. The number of hydrogen-bond acceptors (Lipinski definition) is 5. The maximum Gasteiger partial charge on any atom is 0.336 e. The normalized spacial score (nSPS) is 16.2. The molecule has 1 aliphatic heterocycles. The van der Waals surface area contributed by atoms with E-state index in [1.54, 1.807) is 6.07 Å². The molecule has 4 rings (SSSR count). The predicted octanol–water partition coefficient (Wildman–Crippen LogP) is 4.74. The number of rotatable bonds is 6. The Balaban J connectivity index is 1.54. The monoisotopic (exact) mass is 402 g/mol. The lowest BCUT2D eigenvalue weighted by Gasteiger charge is -2.27. The summed E-state index contributed by atoms with van der Waals surface area (Å²) in [6.45, 7) is 5.67. The lowest BCUT2D eigenvalue weighted by Crippen LogP contribution is -2.33. The van der Waals surface area contributed by atoms with Crippen molar-refractivity contribution in [2.24, 2.45) is 0 Å². The maximum atomic E-state index is 12.0. The van der Waals surface area contributed by atoms with Gasteiger partial charge in [-0.3, -0.25) is 4.90 Å². The smallest absolute Gasteiger partial charge is 0.336 e. The first-order valence-corrected chi connectivity index (χ1v) is 10.6. The van der Waals surface area contributed by atoms with Crippen molar-refractivity contribution in [1.29, 1.82) is 0 Å². The summed E-state index contributed by atoms with van der Waals surface area (Å²) in [6, 6.07) is 10.00. The molecule has 1 N–H and O–H groups in total. The first kappa shape index (κ1) is 18.7. The van der Waals surface area contributed by atoms with Gasteiger partial charge in [0.25, 0.3) is 0 Å². The van der Waals surface area contributed by atoms with Crippen LogP contribution in [0.25, 0.3) is 11.0 Å². The minimum absolute atomic E-state index is 0.324. The van der Waals surface area contributed by atoms with Crippen molar-refractivity contribution in [2.75, 3.05) is 19.6 Å². The van der Waals surface area contributed by atoms with Crippen LogP contribution in [0.5, 0.6) is 0 Å². The van der Waals surface area contributed by atoms with Crippen molar-refractivity contribution in [1.82, 2.24) is 10.2 Å². The topological polar surface area (TPSA) is 45.5 Å². The van der Waals surface area contributed by atoms with Gasteiger partial charge < -0.3 is 9.73 Å². The molecule has 0 aliphatic carbocycles. The summed E-state index contributed by atoms with van der Waals surface area (Å²) in [5.74, 6) is 0. The summed E-state index contributed by atoms with van der Waals surface area (Å²) in [4.78, 5) is 15.9. The van der Waals surface area contributed by atoms with Crippen LogP contribution >= 0.6 is 22.9 Å². The Bertz CT molecular complexity index is 978. The third kappa shape index (κ3) is 4.11. The van der Waals surface area contributed by atoms with Crippen molar-refractivity contribution >= 4 is 33.9 Å². The van der Waals surface area contributed by atoms with E-state index in [2.05, 4.69) is 27.7 Å². The molecule has 1 aromatic carbocycles. The van der Waals surface area contributed by atoms with E-state index in [1.807, 2.05) is 30.4 Å². The molecule has 1 fully saturated rings. The number of halogens is 1. The second kappa shape index (κ2) is 8.15. The van der Waals surface area contributed by atoms with E-state index >= 15 is 0 Å². The van der Waals surface area contributed by atoms with Crippen molar-refractivity contribution < 1.29 is 4.42 Å². The van der Waals surface area contributed by atoms with Crippen molar-refractivity contribution in [2.45, 2.75) is 32.4 Å². The van der Waals surface area contributed by atoms with Gasteiger partial charge in [0.2, 0.25) is 0 Å². The number of likely N-dealkylation sites (tertiary alicyclic amines) is 1. The molecule has 1 aliphatic rings. The molecule has 0 saturated carbocycles. The number of hydrogen-bond donors (Lipinski definition) is 1. The quantitative estimate of drug-likeness (QED) is 0.605. The molecule has 27 heavy (non-hydrogen) atoms. The number of nitrogens with one attached hydrogen (secondary N) is 1. The summed E-state index contributed by atoms with van der Waals surface area (Å²) >= 11 is 8.10. The molecule has 4 nitrogen and oxygen atoms in total. The first-order valence-electron chi connectivity index (χ1n) is 9.33. The molecule has 3 aromatic rings. The molecular formula is C21H23ClN2O2S. The van der Waals surface area contributed by atoms with Crippen LogP contribution in [-0.2, 0) is 6.54 Å². The minimum Gasteiger partial charge on any atom is -0.423 e. The largest absolute Gasteiger partial charge is 0.423 e. The van der Waals surface area contributed by atoms with Crippen LogP contribution < -0.4 is 10.9 Å². The molecule has 0 bridgehead atoms. The molecule has 1 saturated heterocycles. The van der Waals surface area contributed by atoms with Gasteiger partial charge in [0, 0.05) is 34.4 Å². The summed E-state index contributed by atoms with van der Waals surface area (Å²) in [5.41, 5.74) is 2.10.